The molecule has 2 aromatic rings. The second kappa shape index (κ2) is 5.98. The lowest BCUT2D eigenvalue weighted by molar-refractivity contribution is 0.107. The van der Waals surface area contributed by atoms with E-state index < -0.39 is 6.10 Å². The summed E-state index contributed by atoms with van der Waals surface area (Å²) in [7, 11) is 0. The largest absolute Gasteiger partial charge is 0.490 e. The van der Waals surface area contributed by atoms with Crippen molar-refractivity contribution in [2.45, 2.75) is 6.10 Å². The van der Waals surface area contributed by atoms with Crippen LogP contribution in [0, 0.1) is 5.82 Å². The quantitative estimate of drug-likeness (QED) is 0.933. The van der Waals surface area contributed by atoms with Crippen LogP contribution in [0.1, 0.15) is 11.7 Å². The van der Waals surface area contributed by atoms with Crippen LogP contribution in [0.4, 0.5) is 4.39 Å². The highest BCUT2D eigenvalue weighted by Gasteiger charge is 2.11. The lowest BCUT2D eigenvalue weighted by Gasteiger charge is -2.14. The molecule has 4 heteroatoms. The summed E-state index contributed by atoms with van der Waals surface area (Å²) in [6, 6.07) is 13.2. The molecule has 0 amide bonds. The molecule has 0 aliphatic rings. The Morgan fingerprint density at radius 1 is 1.17 bits per heavy atom. The Labute approximate surface area is 113 Å². The van der Waals surface area contributed by atoms with Gasteiger partial charge in [0, 0.05) is 10.5 Å². The molecule has 0 aromatic heterocycles. The summed E-state index contributed by atoms with van der Waals surface area (Å²) in [5, 5.41) is 9.98. The smallest absolute Gasteiger partial charge is 0.126 e. The number of rotatable bonds is 4. The van der Waals surface area contributed by atoms with Crippen LogP contribution in [0.2, 0.25) is 0 Å². The molecule has 0 fully saturated rings. The number of aliphatic hydroxyl groups excluding tert-OH is 1. The van der Waals surface area contributed by atoms with Crippen LogP contribution in [0.25, 0.3) is 0 Å². The normalized spacial score (nSPS) is 12.2. The van der Waals surface area contributed by atoms with Gasteiger partial charge in [0.05, 0.1) is 0 Å². The molecular weight excluding hydrogens is 299 g/mol. The average Bonchev–Trinajstić information content (AvgIpc) is 2.37. The molecule has 0 saturated carbocycles. The Balaban J connectivity index is 2.00. The number of hydrogen-bond acceptors (Lipinski definition) is 2. The highest BCUT2D eigenvalue weighted by atomic mass is 79.9. The van der Waals surface area contributed by atoms with Gasteiger partial charge in [-0.25, -0.2) is 4.39 Å². The number of hydrogen-bond donors (Lipinski definition) is 1. The molecule has 2 nitrogen and oxygen atoms in total. The highest BCUT2D eigenvalue weighted by molar-refractivity contribution is 9.10. The van der Waals surface area contributed by atoms with Gasteiger partial charge in [0.1, 0.15) is 24.3 Å². The molecule has 0 aliphatic carbocycles. The van der Waals surface area contributed by atoms with E-state index >= 15 is 0 Å². The van der Waals surface area contributed by atoms with Crippen molar-refractivity contribution in [1.82, 2.24) is 0 Å². The van der Waals surface area contributed by atoms with Crippen molar-refractivity contribution >= 4 is 15.9 Å². The van der Waals surface area contributed by atoms with E-state index in [0.29, 0.717) is 5.75 Å². The first-order valence-electron chi connectivity index (χ1n) is 5.47. The third-order valence-electron chi connectivity index (χ3n) is 2.47. The summed E-state index contributed by atoms with van der Waals surface area (Å²) in [6.45, 7) is 0.0755. The van der Waals surface area contributed by atoms with Gasteiger partial charge < -0.3 is 9.84 Å². The first-order valence-corrected chi connectivity index (χ1v) is 6.27. The third-order valence-corrected chi connectivity index (χ3v) is 3.19. The van der Waals surface area contributed by atoms with Gasteiger partial charge in [0.2, 0.25) is 0 Å². The van der Waals surface area contributed by atoms with E-state index in [-0.39, 0.29) is 12.4 Å². The molecular formula is C14H12BrFO2. The molecule has 2 rings (SSSR count). The zero-order valence-electron chi connectivity index (χ0n) is 9.51. The summed E-state index contributed by atoms with van der Waals surface area (Å²) >= 11 is 3.36. The minimum Gasteiger partial charge on any atom is -0.490 e. The lowest BCUT2D eigenvalue weighted by atomic mass is 10.1. The van der Waals surface area contributed by atoms with E-state index in [1.165, 1.54) is 12.1 Å². The van der Waals surface area contributed by atoms with Crippen molar-refractivity contribution in [3.05, 3.63) is 64.4 Å². The van der Waals surface area contributed by atoms with Crippen LogP contribution in [0.5, 0.6) is 5.75 Å². The average molecular weight is 311 g/mol. The van der Waals surface area contributed by atoms with Gasteiger partial charge >= 0.3 is 0 Å². The molecule has 0 radical (unpaired) electrons. The van der Waals surface area contributed by atoms with Gasteiger partial charge in [-0.05, 0) is 23.8 Å². The number of ether oxygens (including phenoxy) is 1. The van der Waals surface area contributed by atoms with E-state index in [1.807, 2.05) is 24.3 Å². The number of halogens is 2. The second-order valence-electron chi connectivity index (χ2n) is 3.81. The molecule has 0 heterocycles. The monoisotopic (exact) mass is 310 g/mol. The van der Waals surface area contributed by atoms with Gasteiger partial charge in [-0.3, -0.25) is 0 Å². The van der Waals surface area contributed by atoms with Crippen LogP contribution in [-0.4, -0.2) is 11.7 Å². The van der Waals surface area contributed by atoms with E-state index in [1.54, 1.807) is 12.1 Å². The van der Waals surface area contributed by atoms with E-state index in [2.05, 4.69) is 15.9 Å². The van der Waals surface area contributed by atoms with Crippen LogP contribution >= 0.6 is 15.9 Å². The molecule has 94 valence electrons. The van der Waals surface area contributed by atoms with Crippen LogP contribution in [-0.2, 0) is 0 Å². The van der Waals surface area contributed by atoms with E-state index in [4.69, 9.17) is 4.74 Å². The first kappa shape index (κ1) is 13.1. The zero-order valence-corrected chi connectivity index (χ0v) is 11.1. The number of benzene rings is 2. The van der Waals surface area contributed by atoms with E-state index in [9.17, 15) is 9.50 Å². The fraction of sp³-hybridized carbons (Fsp3) is 0.143. The Hall–Kier alpha value is -1.39. The summed E-state index contributed by atoms with van der Waals surface area (Å²) in [5.41, 5.74) is 0.744. The predicted octanol–water partition coefficient (Wildman–Crippen LogP) is 3.70. The SMILES string of the molecule is OC(COc1cccc(F)c1)c1ccccc1Br. The topological polar surface area (TPSA) is 29.5 Å². The summed E-state index contributed by atoms with van der Waals surface area (Å²) in [4.78, 5) is 0. The Kier molecular flexibility index (Phi) is 4.33. The molecule has 0 aliphatic heterocycles. The lowest BCUT2D eigenvalue weighted by Crippen LogP contribution is -2.10. The number of aliphatic hydroxyl groups is 1. The summed E-state index contributed by atoms with van der Waals surface area (Å²) in [6.07, 6.45) is -0.760. The maximum Gasteiger partial charge on any atom is 0.126 e. The molecule has 0 spiro atoms. The van der Waals surface area contributed by atoms with Gasteiger partial charge in [-0.1, -0.05) is 40.2 Å². The first-order chi connectivity index (χ1) is 8.66. The Morgan fingerprint density at radius 2 is 1.94 bits per heavy atom. The van der Waals surface area contributed by atoms with Crippen LogP contribution in [0.3, 0.4) is 0 Å². The molecule has 0 saturated heterocycles. The van der Waals surface area contributed by atoms with Crippen molar-refractivity contribution in [3.63, 3.8) is 0 Å². The standard InChI is InChI=1S/C14H12BrFO2/c15-13-7-2-1-6-12(13)14(17)9-18-11-5-3-4-10(16)8-11/h1-8,14,17H,9H2. The van der Waals surface area contributed by atoms with Crippen LogP contribution < -0.4 is 4.74 Å². The second-order valence-corrected chi connectivity index (χ2v) is 4.66. The van der Waals surface area contributed by atoms with Gasteiger partial charge in [-0.15, -0.1) is 0 Å². The minimum absolute atomic E-state index is 0.0755. The molecule has 18 heavy (non-hydrogen) atoms. The minimum atomic E-state index is -0.760. The third kappa shape index (κ3) is 3.31. The van der Waals surface area contributed by atoms with Crippen molar-refractivity contribution < 1.29 is 14.2 Å². The maximum atomic E-state index is 12.9. The van der Waals surface area contributed by atoms with Crippen molar-refractivity contribution in [3.8, 4) is 5.75 Å². The molecule has 0 bridgehead atoms. The highest BCUT2D eigenvalue weighted by Crippen LogP contribution is 2.24. The van der Waals surface area contributed by atoms with Crippen molar-refractivity contribution in [1.29, 1.82) is 0 Å². The van der Waals surface area contributed by atoms with Crippen molar-refractivity contribution in [2.24, 2.45) is 0 Å². The van der Waals surface area contributed by atoms with E-state index in [0.717, 1.165) is 10.0 Å². The maximum absolute atomic E-state index is 12.9. The van der Waals surface area contributed by atoms with Crippen LogP contribution in [0.15, 0.2) is 53.0 Å². The fourth-order valence-electron chi connectivity index (χ4n) is 1.57. The summed E-state index contributed by atoms with van der Waals surface area (Å²) < 4.78 is 19.1. The van der Waals surface area contributed by atoms with Gasteiger partial charge in [0.25, 0.3) is 0 Å². The molecule has 1 atom stereocenters. The Bertz CT molecular complexity index is 531. The Morgan fingerprint density at radius 3 is 2.67 bits per heavy atom. The molecule has 1 unspecified atom stereocenters. The predicted molar refractivity (Wildman–Crippen MR) is 71.0 cm³/mol. The summed E-state index contributed by atoms with van der Waals surface area (Å²) in [5.74, 6) is 0.0454. The van der Waals surface area contributed by atoms with Crippen molar-refractivity contribution in [2.75, 3.05) is 6.61 Å². The molecule has 1 N–H and O–H groups in total. The molecule has 2 aromatic carbocycles. The fourth-order valence-corrected chi connectivity index (χ4v) is 2.12. The van der Waals surface area contributed by atoms with Gasteiger partial charge in [-0.2, -0.15) is 0 Å². The van der Waals surface area contributed by atoms with Gasteiger partial charge in [0.15, 0.2) is 0 Å². The zero-order chi connectivity index (χ0) is 13.0.